The molecule has 1 aromatic carbocycles. The summed E-state index contributed by atoms with van der Waals surface area (Å²) in [6.07, 6.45) is 0.135. The van der Waals surface area contributed by atoms with Crippen LogP contribution >= 0.6 is 34.4 Å². The van der Waals surface area contributed by atoms with Crippen molar-refractivity contribution < 1.29 is 9.59 Å². The monoisotopic (exact) mass is 403 g/mol. The van der Waals surface area contributed by atoms with E-state index < -0.39 is 5.25 Å². The second-order valence-electron chi connectivity index (χ2n) is 4.49. The lowest BCUT2D eigenvalue weighted by Gasteiger charge is -2.11. The number of amidine groups is 1. The van der Waals surface area contributed by atoms with Crippen molar-refractivity contribution in [1.82, 2.24) is 4.90 Å². The molecule has 1 aromatic rings. The highest BCUT2D eigenvalue weighted by molar-refractivity contribution is 14.1. The smallest absolute Gasteiger partial charge is 0.262 e. The summed E-state index contributed by atoms with van der Waals surface area (Å²) < 4.78 is 1.10. The van der Waals surface area contributed by atoms with Gasteiger partial charge in [0.2, 0.25) is 5.91 Å². The summed E-state index contributed by atoms with van der Waals surface area (Å²) in [6.45, 7) is 0. The number of aliphatic imine (C=N–C) groups is 1. The summed E-state index contributed by atoms with van der Waals surface area (Å²) >= 11 is 3.53. The molecule has 1 N–H and O–H groups in total. The molecule has 0 saturated heterocycles. The van der Waals surface area contributed by atoms with Crippen molar-refractivity contribution in [2.75, 3.05) is 19.4 Å². The number of benzene rings is 1. The number of amides is 2. The van der Waals surface area contributed by atoms with Crippen LogP contribution in [-0.4, -0.2) is 41.2 Å². The van der Waals surface area contributed by atoms with Crippen molar-refractivity contribution in [3.63, 3.8) is 0 Å². The molecule has 0 bridgehead atoms. The predicted molar refractivity (Wildman–Crippen MR) is 89.9 cm³/mol. The van der Waals surface area contributed by atoms with Gasteiger partial charge in [0.05, 0.1) is 0 Å². The number of carbonyl (C=O) groups is 2. The Bertz CT molecular complexity index is 557. The zero-order chi connectivity index (χ0) is 14.7. The number of rotatable bonds is 3. The van der Waals surface area contributed by atoms with Gasteiger partial charge in [0.1, 0.15) is 5.25 Å². The lowest BCUT2D eigenvalue weighted by Crippen LogP contribution is -2.22. The minimum atomic E-state index is -0.420. The van der Waals surface area contributed by atoms with E-state index in [0.29, 0.717) is 5.17 Å². The standard InChI is InChI=1S/C13H14IN3O2S/c1-17(2)13-16-12(19)10(20-13)7-11(18)15-9-5-3-8(14)4-6-9/h3-6,10H,7H2,1-2H3,(H,15,18)/t10-/m0/s1. The summed E-state index contributed by atoms with van der Waals surface area (Å²) in [5, 5.41) is 3.02. The Morgan fingerprint density at radius 3 is 2.60 bits per heavy atom. The molecule has 1 aliphatic rings. The van der Waals surface area contributed by atoms with Crippen LogP contribution in [0.4, 0.5) is 5.69 Å². The molecule has 0 aromatic heterocycles. The van der Waals surface area contributed by atoms with E-state index in [1.807, 2.05) is 38.4 Å². The third kappa shape index (κ3) is 3.95. The largest absolute Gasteiger partial charge is 0.357 e. The number of thioether (sulfide) groups is 1. The van der Waals surface area contributed by atoms with Gasteiger partial charge in [0, 0.05) is 29.8 Å². The molecule has 2 rings (SSSR count). The van der Waals surface area contributed by atoms with Crippen molar-refractivity contribution in [2.45, 2.75) is 11.7 Å². The van der Waals surface area contributed by atoms with E-state index in [1.165, 1.54) is 11.8 Å². The molecule has 20 heavy (non-hydrogen) atoms. The highest BCUT2D eigenvalue weighted by Gasteiger charge is 2.31. The second-order valence-corrected chi connectivity index (χ2v) is 6.91. The SMILES string of the molecule is CN(C)C1=NC(=O)[C@H](CC(=O)Nc2ccc(I)cc2)S1. The molecule has 0 unspecified atom stereocenters. The van der Waals surface area contributed by atoms with Gasteiger partial charge in [-0.05, 0) is 46.9 Å². The third-order valence-electron chi connectivity index (χ3n) is 2.61. The van der Waals surface area contributed by atoms with Crippen LogP contribution in [-0.2, 0) is 9.59 Å². The van der Waals surface area contributed by atoms with Crippen molar-refractivity contribution in [3.8, 4) is 0 Å². The average Bonchev–Trinajstić information content (AvgIpc) is 2.74. The summed E-state index contributed by atoms with van der Waals surface area (Å²) in [7, 11) is 3.65. The number of nitrogens with one attached hydrogen (secondary N) is 1. The van der Waals surface area contributed by atoms with Crippen LogP contribution in [0.1, 0.15) is 6.42 Å². The van der Waals surface area contributed by atoms with Crippen molar-refractivity contribution >= 4 is 57.0 Å². The Labute approximate surface area is 135 Å². The van der Waals surface area contributed by atoms with Gasteiger partial charge >= 0.3 is 0 Å². The van der Waals surface area contributed by atoms with E-state index >= 15 is 0 Å². The molecule has 106 valence electrons. The fourth-order valence-electron chi connectivity index (χ4n) is 1.62. The number of anilines is 1. The minimum absolute atomic E-state index is 0.135. The number of halogens is 1. The van der Waals surface area contributed by atoms with Crippen LogP contribution in [0, 0.1) is 3.57 Å². The van der Waals surface area contributed by atoms with Crippen LogP contribution in [0.3, 0.4) is 0 Å². The van der Waals surface area contributed by atoms with Gasteiger partial charge in [-0.3, -0.25) is 9.59 Å². The molecule has 0 saturated carbocycles. The molecule has 0 aliphatic carbocycles. The van der Waals surface area contributed by atoms with E-state index in [-0.39, 0.29) is 18.2 Å². The van der Waals surface area contributed by atoms with Gasteiger partial charge in [0.25, 0.3) is 5.91 Å². The van der Waals surface area contributed by atoms with Crippen molar-refractivity contribution in [2.24, 2.45) is 4.99 Å². The van der Waals surface area contributed by atoms with E-state index in [1.54, 1.807) is 4.90 Å². The summed E-state index contributed by atoms with van der Waals surface area (Å²) in [5.41, 5.74) is 0.736. The van der Waals surface area contributed by atoms with Gasteiger partial charge in [0.15, 0.2) is 5.17 Å². The predicted octanol–water partition coefficient (Wildman–Crippen LogP) is 2.18. The topological polar surface area (TPSA) is 61.8 Å². The maximum atomic E-state index is 11.9. The van der Waals surface area contributed by atoms with Crippen LogP contribution in [0.5, 0.6) is 0 Å². The van der Waals surface area contributed by atoms with E-state index in [9.17, 15) is 9.59 Å². The molecule has 0 fully saturated rings. The third-order valence-corrected chi connectivity index (χ3v) is 4.65. The first kappa shape index (κ1) is 15.3. The van der Waals surface area contributed by atoms with E-state index in [0.717, 1.165) is 9.26 Å². The summed E-state index contributed by atoms with van der Waals surface area (Å²) in [6, 6.07) is 7.51. The normalized spacial score (nSPS) is 17.9. The zero-order valence-corrected chi connectivity index (χ0v) is 14.1. The number of carbonyl (C=O) groups excluding carboxylic acids is 2. The molecule has 0 radical (unpaired) electrons. The quantitative estimate of drug-likeness (QED) is 0.787. The van der Waals surface area contributed by atoms with Crippen molar-refractivity contribution in [3.05, 3.63) is 27.8 Å². The van der Waals surface area contributed by atoms with Gasteiger partial charge in [-0.25, -0.2) is 0 Å². The fraction of sp³-hybridized carbons (Fsp3) is 0.308. The molecule has 1 aliphatic heterocycles. The fourth-order valence-corrected chi connectivity index (χ4v) is 2.97. The molecular weight excluding hydrogens is 389 g/mol. The van der Waals surface area contributed by atoms with Gasteiger partial charge in [-0.2, -0.15) is 4.99 Å². The lowest BCUT2D eigenvalue weighted by atomic mass is 10.2. The first-order valence-corrected chi connectivity index (χ1v) is 7.93. The average molecular weight is 403 g/mol. The Morgan fingerprint density at radius 2 is 2.05 bits per heavy atom. The van der Waals surface area contributed by atoms with Gasteiger partial charge in [-0.15, -0.1) is 0 Å². The van der Waals surface area contributed by atoms with Crippen LogP contribution in [0.15, 0.2) is 29.3 Å². The number of hydrogen-bond acceptors (Lipinski definition) is 4. The number of hydrogen-bond donors (Lipinski definition) is 1. The molecule has 0 spiro atoms. The first-order chi connectivity index (χ1) is 9.45. The molecular formula is C13H14IN3O2S. The Balaban J connectivity index is 1.90. The Kier molecular flexibility index (Phi) is 5.03. The van der Waals surface area contributed by atoms with E-state index in [2.05, 4.69) is 32.9 Å². The first-order valence-electron chi connectivity index (χ1n) is 5.97. The van der Waals surface area contributed by atoms with Gasteiger partial charge < -0.3 is 10.2 Å². The second kappa shape index (κ2) is 6.57. The highest BCUT2D eigenvalue weighted by Crippen LogP contribution is 2.26. The Morgan fingerprint density at radius 1 is 1.40 bits per heavy atom. The molecule has 1 atom stereocenters. The highest BCUT2D eigenvalue weighted by atomic mass is 127. The number of nitrogens with zero attached hydrogens (tertiary/aromatic N) is 2. The maximum Gasteiger partial charge on any atom is 0.262 e. The molecule has 7 heteroatoms. The van der Waals surface area contributed by atoms with Crippen LogP contribution in [0.25, 0.3) is 0 Å². The van der Waals surface area contributed by atoms with Crippen LogP contribution < -0.4 is 5.32 Å². The van der Waals surface area contributed by atoms with Gasteiger partial charge in [-0.1, -0.05) is 11.8 Å². The molecule has 5 nitrogen and oxygen atoms in total. The van der Waals surface area contributed by atoms with Crippen LogP contribution in [0.2, 0.25) is 0 Å². The zero-order valence-electron chi connectivity index (χ0n) is 11.1. The molecule has 1 heterocycles. The molecule has 2 amide bonds. The van der Waals surface area contributed by atoms with E-state index in [4.69, 9.17) is 0 Å². The lowest BCUT2D eigenvalue weighted by molar-refractivity contribution is -0.121. The Hall–Kier alpha value is -1.09. The van der Waals surface area contributed by atoms with Crippen molar-refractivity contribution in [1.29, 1.82) is 0 Å². The minimum Gasteiger partial charge on any atom is -0.357 e. The maximum absolute atomic E-state index is 11.9. The summed E-state index contributed by atoms with van der Waals surface area (Å²) in [4.78, 5) is 29.3. The summed E-state index contributed by atoms with van der Waals surface area (Å²) in [5.74, 6) is -0.413.